The van der Waals surface area contributed by atoms with Crippen molar-refractivity contribution in [3.63, 3.8) is 0 Å². The van der Waals surface area contributed by atoms with E-state index in [-0.39, 0.29) is 0 Å². The lowest BCUT2D eigenvalue weighted by atomic mass is 9.86. The molecule has 5 heteroatoms. The van der Waals surface area contributed by atoms with Gasteiger partial charge < -0.3 is 9.84 Å². The molecule has 2 aromatic heterocycles. The summed E-state index contributed by atoms with van der Waals surface area (Å²) in [7, 11) is 0. The second-order valence-corrected chi connectivity index (χ2v) is 7.96. The van der Waals surface area contributed by atoms with Crippen LogP contribution in [-0.4, -0.2) is 16.7 Å². The zero-order valence-corrected chi connectivity index (χ0v) is 14.2. The Hall–Kier alpha value is -1.17. The smallest absolute Gasteiger partial charge is 0.349 e. The molecule has 0 saturated heterocycles. The molecule has 0 aliphatic heterocycles. The fourth-order valence-electron chi connectivity index (χ4n) is 2.99. The predicted octanol–water partition coefficient (Wildman–Crippen LogP) is 4.31. The Morgan fingerprint density at radius 2 is 1.68 bits per heavy atom. The Kier molecular flexibility index (Phi) is 4.39. The van der Waals surface area contributed by atoms with E-state index in [0.717, 1.165) is 25.7 Å². The number of hydrogen-bond acceptors (Lipinski definition) is 5. The zero-order chi connectivity index (χ0) is 15.6. The Bertz CT molecular complexity index is 576. The van der Waals surface area contributed by atoms with Gasteiger partial charge in [0.1, 0.15) is 5.60 Å². The summed E-state index contributed by atoms with van der Waals surface area (Å²) in [4.78, 5) is 14.1. The molecule has 3 rings (SSSR count). The van der Waals surface area contributed by atoms with E-state index in [4.69, 9.17) is 4.74 Å². The molecule has 118 valence electrons. The molecule has 0 radical (unpaired) electrons. The normalized spacial score (nSPS) is 18.1. The number of carbonyl (C=O) groups is 1. The highest BCUT2D eigenvalue weighted by Gasteiger charge is 2.46. The molecule has 1 N–H and O–H groups in total. The first-order valence-electron chi connectivity index (χ1n) is 7.58. The Labute approximate surface area is 138 Å². The summed E-state index contributed by atoms with van der Waals surface area (Å²) in [6.45, 7) is 1.98. The summed E-state index contributed by atoms with van der Waals surface area (Å²) < 4.78 is 5.82. The molecule has 2 aromatic rings. The van der Waals surface area contributed by atoms with E-state index >= 15 is 0 Å². The van der Waals surface area contributed by atoms with Crippen LogP contribution in [0.25, 0.3) is 0 Å². The number of rotatable bonds is 4. The maximum absolute atomic E-state index is 12.9. The van der Waals surface area contributed by atoms with Crippen molar-refractivity contribution in [2.45, 2.75) is 50.2 Å². The van der Waals surface area contributed by atoms with Gasteiger partial charge in [0, 0.05) is 0 Å². The Morgan fingerprint density at radius 3 is 2.14 bits per heavy atom. The van der Waals surface area contributed by atoms with E-state index in [1.807, 2.05) is 29.8 Å². The molecule has 0 atom stereocenters. The van der Waals surface area contributed by atoms with Gasteiger partial charge in [0.15, 0.2) is 0 Å². The standard InChI is InChI=1S/C17H20O3S2/c1-16(9-3-2-4-10-16)20-15(18)17(19,13-7-5-11-21-13)14-8-6-12-22-14/h5-8,11-12,19H,2-4,9-10H2,1H3. The highest BCUT2D eigenvalue weighted by atomic mass is 32.1. The Balaban J connectivity index is 1.91. The van der Waals surface area contributed by atoms with E-state index in [0.29, 0.717) is 9.75 Å². The van der Waals surface area contributed by atoms with Gasteiger partial charge in [0.25, 0.3) is 0 Å². The molecule has 2 heterocycles. The van der Waals surface area contributed by atoms with Crippen molar-refractivity contribution >= 4 is 28.6 Å². The molecule has 0 spiro atoms. The Morgan fingerprint density at radius 1 is 1.14 bits per heavy atom. The van der Waals surface area contributed by atoms with E-state index < -0.39 is 17.2 Å². The zero-order valence-electron chi connectivity index (χ0n) is 12.6. The number of ether oxygens (including phenoxy) is 1. The number of thiophene rings is 2. The molecular formula is C17H20O3S2. The number of hydrogen-bond donors (Lipinski definition) is 1. The quantitative estimate of drug-likeness (QED) is 0.846. The van der Waals surface area contributed by atoms with Gasteiger partial charge in [-0.1, -0.05) is 18.6 Å². The minimum absolute atomic E-state index is 0.460. The molecule has 0 unspecified atom stereocenters. The van der Waals surface area contributed by atoms with Crippen molar-refractivity contribution in [2.24, 2.45) is 0 Å². The monoisotopic (exact) mass is 336 g/mol. The third-order valence-electron chi connectivity index (χ3n) is 4.30. The van der Waals surface area contributed by atoms with Gasteiger partial charge in [-0.25, -0.2) is 4.79 Å². The van der Waals surface area contributed by atoms with Crippen molar-refractivity contribution in [2.75, 3.05) is 0 Å². The first kappa shape index (κ1) is 15.7. The molecule has 1 fully saturated rings. The van der Waals surface area contributed by atoms with Crippen LogP contribution in [0.1, 0.15) is 48.8 Å². The SMILES string of the molecule is CC1(OC(=O)C(O)(c2cccs2)c2cccs2)CCCCC1. The topological polar surface area (TPSA) is 46.5 Å². The fraction of sp³-hybridized carbons (Fsp3) is 0.471. The summed E-state index contributed by atoms with van der Waals surface area (Å²) >= 11 is 2.75. The first-order chi connectivity index (χ1) is 10.5. The van der Waals surface area contributed by atoms with Crippen molar-refractivity contribution in [3.8, 4) is 0 Å². The average Bonchev–Trinajstić information content (AvgIpc) is 3.20. The molecule has 0 bridgehead atoms. The minimum atomic E-state index is -1.69. The van der Waals surface area contributed by atoms with Crippen molar-refractivity contribution in [1.29, 1.82) is 0 Å². The average molecular weight is 336 g/mol. The lowest BCUT2D eigenvalue weighted by molar-refractivity contribution is -0.179. The van der Waals surface area contributed by atoms with E-state index in [1.54, 1.807) is 12.1 Å². The van der Waals surface area contributed by atoms with Crippen molar-refractivity contribution < 1.29 is 14.6 Å². The number of esters is 1. The van der Waals surface area contributed by atoms with E-state index in [2.05, 4.69) is 0 Å². The van der Waals surface area contributed by atoms with Gasteiger partial charge in [0.2, 0.25) is 5.60 Å². The third kappa shape index (κ3) is 2.85. The summed E-state index contributed by atoms with van der Waals surface area (Å²) in [6.07, 6.45) is 5.06. The molecule has 1 saturated carbocycles. The lowest BCUT2D eigenvalue weighted by Gasteiger charge is -2.36. The van der Waals surface area contributed by atoms with Crippen molar-refractivity contribution in [3.05, 3.63) is 44.8 Å². The lowest BCUT2D eigenvalue weighted by Crippen LogP contribution is -2.43. The van der Waals surface area contributed by atoms with Crippen LogP contribution in [-0.2, 0) is 15.1 Å². The highest BCUT2D eigenvalue weighted by molar-refractivity contribution is 7.12. The maximum atomic E-state index is 12.9. The van der Waals surface area contributed by atoms with Crippen LogP contribution < -0.4 is 0 Å². The second kappa shape index (κ2) is 6.14. The van der Waals surface area contributed by atoms with Crippen molar-refractivity contribution in [1.82, 2.24) is 0 Å². The molecular weight excluding hydrogens is 316 g/mol. The van der Waals surface area contributed by atoms with Crippen LogP contribution in [0, 0.1) is 0 Å². The third-order valence-corrected chi connectivity index (χ3v) is 6.26. The van der Waals surface area contributed by atoms with Crippen LogP contribution in [0.2, 0.25) is 0 Å². The molecule has 1 aliphatic rings. The summed E-state index contributed by atoms with van der Waals surface area (Å²) in [5, 5.41) is 14.9. The predicted molar refractivity (Wildman–Crippen MR) is 89.2 cm³/mol. The van der Waals surface area contributed by atoms with E-state index in [9.17, 15) is 9.90 Å². The summed E-state index contributed by atoms with van der Waals surface area (Å²) in [5.74, 6) is -0.554. The van der Waals surface area contributed by atoms with Gasteiger partial charge >= 0.3 is 5.97 Å². The maximum Gasteiger partial charge on any atom is 0.349 e. The molecule has 0 aromatic carbocycles. The molecule has 22 heavy (non-hydrogen) atoms. The number of carbonyl (C=O) groups excluding carboxylic acids is 1. The first-order valence-corrected chi connectivity index (χ1v) is 9.34. The van der Waals surface area contributed by atoms with Crippen LogP contribution in [0.5, 0.6) is 0 Å². The van der Waals surface area contributed by atoms with Gasteiger partial charge in [0.05, 0.1) is 9.75 Å². The molecule has 0 amide bonds. The van der Waals surface area contributed by atoms with Gasteiger partial charge in [-0.3, -0.25) is 0 Å². The van der Waals surface area contributed by atoms with Gasteiger partial charge in [-0.05, 0) is 55.5 Å². The van der Waals surface area contributed by atoms with Gasteiger partial charge in [-0.15, -0.1) is 22.7 Å². The number of aliphatic hydroxyl groups is 1. The highest BCUT2D eigenvalue weighted by Crippen LogP contribution is 2.39. The van der Waals surface area contributed by atoms with Crippen LogP contribution >= 0.6 is 22.7 Å². The molecule has 1 aliphatic carbocycles. The van der Waals surface area contributed by atoms with Gasteiger partial charge in [-0.2, -0.15) is 0 Å². The largest absolute Gasteiger partial charge is 0.457 e. The fourth-order valence-corrected chi connectivity index (χ4v) is 4.70. The molecule has 3 nitrogen and oxygen atoms in total. The van der Waals surface area contributed by atoms with Crippen LogP contribution in [0.15, 0.2) is 35.0 Å². The van der Waals surface area contributed by atoms with Crippen LogP contribution in [0.4, 0.5) is 0 Å². The second-order valence-electron chi connectivity index (χ2n) is 6.07. The summed E-state index contributed by atoms with van der Waals surface area (Å²) in [5.41, 5.74) is -2.15. The van der Waals surface area contributed by atoms with E-state index in [1.165, 1.54) is 29.1 Å². The minimum Gasteiger partial charge on any atom is -0.457 e. The van der Waals surface area contributed by atoms with Crippen LogP contribution in [0.3, 0.4) is 0 Å². The summed E-state index contributed by atoms with van der Waals surface area (Å²) in [6, 6.07) is 7.26.